The molecule has 2 saturated heterocycles. The Bertz CT molecular complexity index is 1640. The summed E-state index contributed by atoms with van der Waals surface area (Å²) in [5, 5.41) is 13.2. The van der Waals surface area contributed by atoms with Crippen molar-refractivity contribution in [1.82, 2.24) is 31.5 Å². The average Bonchev–Trinajstić information content (AvgIpc) is 3.67. The minimum atomic E-state index is -1.61. The first-order valence-electron chi connectivity index (χ1n) is 19.1. The van der Waals surface area contributed by atoms with Gasteiger partial charge in [-0.05, 0) is 62.0 Å². The van der Waals surface area contributed by atoms with E-state index in [9.17, 15) is 43.2 Å². The monoisotopic (exact) mass is 816 g/mol. The predicted octanol–water partition coefficient (Wildman–Crippen LogP) is -1.04. The predicted molar refractivity (Wildman–Crippen MR) is 210 cm³/mol. The average molecular weight is 817 g/mol. The lowest BCUT2D eigenvalue weighted by molar-refractivity contribution is -0.140. The molecular weight excluding hydrogens is 761 g/mol. The van der Waals surface area contributed by atoms with Crippen molar-refractivity contribution in [3.8, 4) is 5.75 Å². The van der Waals surface area contributed by atoms with Crippen molar-refractivity contribution < 1.29 is 47.9 Å². The first-order valence-corrected chi connectivity index (χ1v) is 20.3. The Balaban J connectivity index is 2.02. The summed E-state index contributed by atoms with van der Waals surface area (Å²) in [4.78, 5) is 120. The molecule has 2 aliphatic heterocycles. The third-order valence-electron chi connectivity index (χ3n) is 9.99. The van der Waals surface area contributed by atoms with Gasteiger partial charge in [-0.25, -0.2) is 0 Å². The molecule has 9 N–H and O–H groups in total. The molecule has 2 aliphatic rings. The van der Waals surface area contributed by atoms with Gasteiger partial charge in [-0.2, -0.15) is 11.8 Å². The first kappa shape index (κ1) is 46.2. The summed E-state index contributed by atoms with van der Waals surface area (Å²) in [7, 11) is 1.52. The Morgan fingerprint density at radius 3 is 2.12 bits per heavy atom. The number of Topliss-reactive ketones (excluding diaryl/α,β-unsaturated/α-hetero) is 1. The lowest BCUT2D eigenvalue weighted by atomic mass is 9.96. The summed E-state index contributed by atoms with van der Waals surface area (Å²) in [6.07, 6.45) is 0.492. The highest BCUT2D eigenvalue weighted by Gasteiger charge is 2.38. The number of hydrogen-bond acceptors (Lipinski definition) is 11. The van der Waals surface area contributed by atoms with Crippen LogP contribution in [0.5, 0.6) is 5.75 Å². The molecule has 0 aliphatic carbocycles. The molecule has 314 valence electrons. The Morgan fingerprint density at radius 1 is 0.860 bits per heavy atom. The highest BCUT2D eigenvalue weighted by Crippen LogP contribution is 2.21. The van der Waals surface area contributed by atoms with E-state index in [1.807, 2.05) is 0 Å². The molecule has 57 heavy (non-hydrogen) atoms. The number of ketones is 1. The van der Waals surface area contributed by atoms with Gasteiger partial charge >= 0.3 is 0 Å². The zero-order valence-corrected chi connectivity index (χ0v) is 33.7. The van der Waals surface area contributed by atoms with Gasteiger partial charge in [0.1, 0.15) is 36.0 Å². The van der Waals surface area contributed by atoms with Crippen LogP contribution in [0, 0.1) is 5.92 Å². The third-order valence-corrected chi connectivity index (χ3v) is 11.1. The number of nitrogens with zero attached hydrogens (tertiary/aromatic N) is 1. The zero-order valence-electron chi connectivity index (χ0n) is 32.9. The van der Waals surface area contributed by atoms with E-state index in [0.29, 0.717) is 42.7 Å². The van der Waals surface area contributed by atoms with Crippen LogP contribution < -0.4 is 42.8 Å². The molecule has 3 rings (SSSR count). The molecular formula is C38H56N8O10S. The Kier molecular flexibility index (Phi) is 18.2. The topological polar surface area (TPSA) is 278 Å². The molecule has 18 nitrogen and oxygen atoms in total. The van der Waals surface area contributed by atoms with Crippen molar-refractivity contribution in [1.29, 1.82) is 0 Å². The van der Waals surface area contributed by atoms with Crippen LogP contribution in [-0.2, 0) is 49.6 Å². The van der Waals surface area contributed by atoms with Crippen LogP contribution in [0.2, 0.25) is 0 Å². The van der Waals surface area contributed by atoms with E-state index in [0.717, 1.165) is 0 Å². The normalized spacial score (nSPS) is 25.1. The van der Waals surface area contributed by atoms with E-state index in [1.54, 1.807) is 38.1 Å². The number of ether oxygens (including phenoxy) is 1. The first-order chi connectivity index (χ1) is 27.0. The fourth-order valence-electron chi connectivity index (χ4n) is 6.56. The highest BCUT2D eigenvalue weighted by atomic mass is 32.2. The summed E-state index contributed by atoms with van der Waals surface area (Å²) >= 11 is 1.26. The summed E-state index contributed by atoms with van der Waals surface area (Å²) in [6.45, 7) is 5.17. The maximum Gasteiger partial charge on any atom is 0.246 e. The summed E-state index contributed by atoms with van der Waals surface area (Å²) in [5.41, 5.74) is 11.5. The van der Waals surface area contributed by atoms with E-state index in [1.165, 1.54) is 30.7 Å². The second kappa shape index (κ2) is 22.5. The minimum absolute atomic E-state index is 0.00639. The lowest BCUT2D eigenvalue weighted by Gasteiger charge is -2.30. The second-order valence-electron chi connectivity index (χ2n) is 14.4. The molecule has 0 bridgehead atoms. The van der Waals surface area contributed by atoms with Gasteiger partial charge in [-0.1, -0.05) is 32.4 Å². The van der Waals surface area contributed by atoms with Gasteiger partial charge in [0.2, 0.25) is 47.3 Å². The molecule has 1 aromatic carbocycles. The number of nitrogens with two attached hydrogens (primary N) is 2. The summed E-state index contributed by atoms with van der Waals surface area (Å²) in [5.74, 6) is -5.81. The fourth-order valence-corrected chi connectivity index (χ4v) is 7.54. The van der Waals surface area contributed by atoms with Crippen molar-refractivity contribution in [2.75, 3.05) is 25.2 Å². The molecule has 8 amide bonds. The number of primary amides is 2. The van der Waals surface area contributed by atoms with Crippen molar-refractivity contribution in [3.63, 3.8) is 0 Å². The van der Waals surface area contributed by atoms with Gasteiger partial charge in [-0.3, -0.25) is 43.2 Å². The van der Waals surface area contributed by atoms with Gasteiger partial charge in [0.15, 0.2) is 5.78 Å². The van der Waals surface area contributed by atoms with Gasteiger partial charge in [0, 0.05) is 31.6 Å². The van der Waals surface area contributed by atoms with Crippen LogP contribution in [0.25, 0.3) is 0 Å². The van der Waals surface area contributed by atoms with Gasteiger partial charge < -0.3 is 47.7 Å². The van der Waals surface area contributed by atoms with E-state index in [2.05, 4.69) is 26.6 Å². The number of carbonyl (C=O) groups excluding carboxylic acids is 9. The largest absolute Gasteiger partial charge is 0.497 e. The number of methoxy groups -OCH3 is 1. The Labute approximate surface area is 336 Å². The quantitative estimate of drug-likeness (QED) is 0.134. The maximum absolute atomic E-state index is 13.9. The zero-order chi connectivity index (χ0) is 42.2. The van der Waals surface area contributed by atoms with Crippen LogP contribution in [-0.4, -0.2) is 119 Å². The van der Waals surface area contributed by atoms with Gasteiger partial charge in [0.05, 0.1) is 19.6 Å². The van der Waals surface area contributed by atoms with Crippen LogP contribution >= 0.6 is 11.8 Å². The van der Waals surface area contributed by atoms with Crippen LogP contribution in [0.15, 0.2) is 24.3 Å². The molecule has 7 atom stereocenters. The summed E-state index contributed by atoms with van der Waals surface area (Å²) in [6, 6.07) is -0.383. The molecule has 0 saturated carbocycles. The Morgan fingerprint density at radius 2 is 1.51 bits per heavy atom. The number of amides is 8. The molecule has 0 spiro atoms. The van der Waals surface area contributed by atoms with Gasteiger partial charge in [-0.15, -0.1) is 0 Å². The van der Waals surface area contributed by atoms with E-state index >= 15 is 0 Å². The number of carbonyl (C=O) groups is 9. The summed E-state index contributed by atoms with van der Waals surface area (Å²) < 4.78 is 5.24. The van der Waals surface area contributed by atoms with E-state index in [-0.39, 0.29) is 43.8 Å². The third kappa shape index (κ3) is 14.4. The fraction of sp³-hybridized carbons (Fsp3) is 0.605. The SMILES string of the molecule is CC[C@H](C)[C@@H]1NC(=O)[C@H](Cc2ccc(OC)cc2)NC(=O)CCCSC[C@@H](C(=O)N2CCC[C@H]2C(C)=O)NC(=O)[C@H](CC(N)=O)NC(=O)[C@H](CCC(N)=O)NC1=O. The molecule has 2 heterocycles. The highest BCUT2D eigenvalue weighted by molar-refractivity contribution is 7.99. The second-order valence-corrected chi connectivity index (χ2v) is 15.5. The van der Waals surface area contributed by atoms with Crippen LogP contribution in [0.4, 0.5) is 0 Å². The Hall–Kier alpha value is -5.20. The van der Waals surface area contributed by atoms with Gasteiger partial charge in [0.25, 0.3) is 0 Å². The minimum Gasteiger partial charge on any atom is -0.497 e. The molecule has 1 aromatic rings. The van der Waals surface area contributed by atoms with Crippen molar-refractivity contribution in [2.24, 2.45) is 17.4 Å². The number of likely N-dealkylation sites (tertiary alicyclic amines) is 1. The van der Waals surface area contributed by atoms with Crippen molar-refractivity contribution >= 4 is 64.8 Å². The molecule has 19 heteroatoms. The molecule has 0 aromatic heterocycles. The molecule has 2 fully saturated rings. The number of nitrogens with one attached hydrogen (secondary N) is 5. The molecule has 0 radical (unpaired) electrons. The number of rotatable bonds is 12. The van der Waals surface area contributed by atoms with Crippen molar-refractivity contribution in [2.45, 2.75) is 115 Å². The van der Waals surface area contributed by atoms with E-state index in [4.69, 9.17) is 16.2 Å². The number of thioether (sulfide) groups is 1. The molecule has 0 unspecified atom stereocenters. The number of benzene rings is 1. The van der Waals surface area contributed by atoms with E-state index < -0.39 is 95.8 Å². The maximum atomic E-state index is 13.9. The smallest absolute Gasteiger partial charge is 0.246 e. The van der Waals surface area contributed by atoms with Crippen LogP contribution in [0.3, 0.4) is 0 Å². The number of hydrogen-bond donors (Lipinski definition) is 7. The lowest BCUT2D eigenvalue weighted by Crippen LogP contribution is -2.61. The van der Waals surface area contributed by atoms with Crippen molar-refractivity contribution in [3.05, 3.63) is 29.8 Å². The standard InChI is InChI=1S/C38H56N8O10S/c1-5-21(2)33-37(54)42-25(14-15-30(39)48)34(51)43-27(19-31(40)49)35(52)44-28(38(55)46-16-6-8-29(46)22(3)47)20-57-17-7-9-32(50)41-26(36(53)45-33)18-23-10-12-24(56-4)13-11-23/h10-13,21,25-29,33H,5-9,14-20H2,1-4H3,(H2,39,48)(H2,40,49)(H,41,50)(H,42,54)(H,43,51)(H,44,52)(H,45,53)/t21-,25-,26-,27-,28-,29-,33-/m0/s1. The van der Waals surface area contributed by atoms with Crippen LogP contribution in [0.1, 0.15) is 77.7 Å².